The highest BCUT2D eigenvalue weighted by Gasteiger charge is 2.10. The van der Waals surface area contributed by atoms with Crippen molar-refractivity contribution in [1.82, 2.24) is 0 Å². The van der Waals surface area contributed by atoms with E-state index in [2.05, 4.69) is 5.32 Å². The average Bonchev–Trinajstić information content (AvgIpc) is 2.16. The van der Waals surface area contributed by atoms with Gasteiger partial charge in [0.1, 0.15) is 5.75 Å². The Morgan fingerprint density at radius 1 is 1.50 bits per heavy atom. The summed E-state index contributed by atoms with van der Waals surface area (Å²) in [7, 11) is 3.22. The Bertz CT molecular complexity index is 363. The molecule has 0 aliphatic rings. The Hall–Kier alpha value is -1.91. The van der Waals surface area contributed by atoms with E-state index in [4.69, 9.17) is 16.2 Å². The van der Waals surface area contributed by atoms with E-state index in [1.54, 1.807) is 13.1 Å². The summed E-state index contributed by atoms with van der Waals surface area (Å²) in [6.07, 6.45) is 0. The Labute approximate surface area is 82.0 Å². The fourth-order valence-electron chi connectivity index (χ4n) is 1.21. The summed E-state index contributed by atoms with van der Waals surface area (Å²) in [4.78, 5) is 10.9. The Balaban J connectivity index is 3.31. The van der Waals surface area contributed by atoms with Gasteiger partial charge in [0.05, 0.1) is 18.5 Å². The molecule has 1 aromatic rings. The molecule has 0 aliphatic carbocycles. The average molecular weight is 195 g/mol. The molecule has 0 saturated heterocycles. The van der Waals surface area contributed by atoms with Crippen LogP contribution in [0.3, 0.4) is 0 Å². The normalized spacial score (nSPS) is 9.57. The molecule has 1 aromatic carbocycles. The van der Waals surface area contributed by atoms with Crippen LogP contribution in [-0.2, 0) is 0 Å². The number of methoxy groups -OCH3 is 1. The van der Waals surface area contributed by atoms with Gasteiger partial charge in [-0.15, -0.1) is 0 Å². The van der Waals surface area contributed by atoms with Gasteiger partial charge in [0, 0.05) is 12.6 Å². The standard InChI is InChI=1S/C9H13N3O2/c1-12-8-6(10)3-5(9(11)13)4-7(8)14-2/h3-4,12H,10H2,1-2H3,(H2,11,13). The quantitative estimate of drug-likeness (QED) is 0.609. The summed E-state index contributed by atoms with van der Waals surface area (Å²) < 4.78 is 5.06. The number of benzene rings is 1. The van der Waals surface area contributed by atoms with Crippen LogP contribution in [0.15, 0.2) is 12.1 Å². The van der Waals surface area contributed by atoms with Gasteiger partial charge >= 0.3 is 0 Å². The lowest BCUT2D eigenvalue weighted by Gasteiger charge is -2.11. The van der Waals surface area contributed by atoms with E-state index in [1.807, 2.05) is 0 Å². The van der Waals surface area contributed by atoms with E-state index >= 15 is 0 Å². The van der Waals surface area contributed by atoms with Crippen LogP contribution >= 0.6 is 0 Å². The van der Waals surface area contributed by atoms with E-state index in [1.165, 1.54) is 13.2 Å². The lowest BCUT2D eigenvalue weighted by Crippen LogP contribution is -2.12. The van der Waals surface area contributed by atoms with Gasteiger partial charge in [-0.25, -0.2) is 0 Å². The number of anilines is 2. The number of carbonyl (C=O) groups excluding carboxylic acids is 1. The smallest absolute Gasteiger partial charge is 0.248 e. The van der Waals surface area contributed by atoms with E-state index in [-0.39, 0.29) is 0 Å². The lowest BCUT2D eigenvalue weighted by molar-refractivity contribution is 0.1000. The number of nitrogens with one attached hydrogen (secondary N) is 1. The highest BCUT2D eigenvalue weighted by Crippen LogP contribution is 2.31. The van der Waals surface area contributed by atoms with Crippen LogP contribution < -0.4 is 21.5 Å². The monoisotopic (exact) mass is 195 g/mol. The summed E-state index contributed by atoms with van der Waals surface area (Å²) in [5.74, 6) is -0.0287. The van der Waals surface area contributed by atoms with Crippen LogP contribution in [0.4, 0.5) is 11.4 Å². The van der Waals surface area contributed by atoms with Gasteiger partial charge in [0.25, 0.3) is 0 Å². The Morgan fingerprint density at radius 2 is 2.14 bits per heavy atom. The number of hydrogen-bond donors (Lipinski definition) is 3. The molecule has 1 amide bonds. The SMILES string of the molecule is CNc1c(N)cc(C(N)=O)cc1OC. The van der Waals surface area contributed by atoms with Crippen molar-refractivity contribution < 1.29 is 9.53 Å². The molecular weight excluding hydrogens is 182 g/mol. The molecule has 0 fully saturated rings. The van der Waals surface area contributed by atoms with Crippen LogP contribution in [0, 0.1) is 0 Å². The first-order valence-electron chi connectivity index (χ1n) is 4.05. The minimum Gasteiger partial charge on any atom is -0.494 e. The van der Waals surface area contributed by atoms with E-state index < -0.39 is 5.91 Å². The molecule has 0 aliphatic heterocycles. The molecule has 5 heteroatoms. The molecule has 5 N–H and O–H groups in total. The van der Waals surface area contributed by atoms with Crippen molar-refractivity contribution in [3.8, 4) is 5.75 Å². The highest BCUT2D eigenvalue weighted by atomic mass is 16.5. The maximum Gasteiger partial charge on any atom is 0.248 e. The molecule has 0 spiro atoms. The van der Waals surface area contributed by atoms with E-state index in [0.29, 0.717) is 22.7 Å². The topological polar surface area (TPSA) is 90.4 Å². The molecule has 0 atom stereocenters. The first kappa shape index (κ1) is 10.2. The molecule has 0 bridgehead atoms. The molecule has 14 heavy (non-hydrogen) atoms. The van der Waals surface area contributed by atoms with Crippen molar-refractivity contribution >= 4 is 17.3 Å². The molecule has 76 valence electrons. The third kappa shape index (κ3) is 1.71. The fourth-order valence-corrected chi connectivity index (χ4v) is 1.21. The summed E-state index contributed by atoms with van der Waals surface area (Å²) in [5, 5.41) is 2.88. The van der Waals surface area contributed by atoms with E-state index in [0.717, 1.165) is 0 Å². The summed E-state index contributed by atoms with van der Waals surface area (Å²) >= 11 is 0. The first-order valence-corrected chi connectivity index (χ1v) is 4.05. The number of hydrogen-bond acceptors (Lipinski definition) is 4. The van der Waals surface area contributed by atoms with Crippen molar-refractivity contribution in [3.63, 3.8) is 0 Å². The van der Waals surface area contributed by atoms with Gasteiger partial charge in [-0.2, -0.15) is 0 Å². The van der Waals surface area contributed by atoms with Crippen molar-refractivity contribution in [2.75, 3.05) is 25.2 Å². The largest absolute Gasteiger partial charge is 0.494 e. The van der Waals surface area contributed by atoms with Gasteiger partial charge < -0.3 is 21.5 Å². The minimum absolute atomic E-state index is 0.332. The minimum atomic E-state index is -0.530. The van der Waals surface area contributed by atoms with Gasteiger partial charge in [-0.05, 0) is 12.1 Å². The fraction of sp³-hybridized carbons (Fsp3) is 0.222. The number of nitrogen functional groups attached to an aromatic ring is 1. The summed E-state index contributed by atoms with van der Waals surface area (Å²) in [5.41, 5.74) is 12.2. The number of rotatable bonds is 3. The zero-order valence-corrected chi connectivity index (χ0v) is 8.13. The summed E-state index contributed by atoms with van der Waals surface area (Å²) in [6.45, 7) is 0. The second-order valence-corrected chi connectivity index (χ2v) is 2.76. The second-order valence-electron chi connectivity index (χ2n) is 2.76. The highest BCUT2D eigenvalue weighted by molar-refractivity contribution is 5.96. The van der Waals surface area contributed by atoms with Crippen LogP contribution in [0.25, 0.3) is 0 Å². The molecule has 0 heterocycles. The molecule has 0 saturated carbocycles. The number of primary amides is 1. The Kier molecular flexibility index (Phi) is 2.81. The second kappa shape index (κ2) is 3.87. The van der Waals surface area contributed by atoms with Gasteiger partial charge in [-0.3, -0.25) is 4.79 Å². The van der Waals surface area contributed by atoms with Crippen molar-refractivity contribution in [1.29, 1.82) is 0 Å². The van der Waals surface area contributed by atoms with Gasteiger partial charge in [0.2, 0.25) is 5.91 Å². The van der Waals surface area contributed by atoms with Gasteiger partial charge in [0.15, 0.2) is 0 Å². The molecule has 0 radical (unpaired) electrons. The number of amides is 1. The van der Waals surface area contributed by atoms with Crippen molar-refractivity contribution in [2.45, 2.75) is 0 Å². The summed E-state index contributed by atoms with van der Waals surface area (Å²) in [6, 6.07) is 3.06. The van der Waals surface area contributed by atoms with Crippen LogP contribution in [0.2, 0.25) is 0 Å². The third-order valence-corrected chi connectivity index (χ3v) is 1.89. The third-order valence-electron chi connectivity index (χ3n) is 1.89. The molecule has 5 nitrogen and oxygen atoms in total. The molecule has 0 unspecified atom stereocenters. The predicted octanol–water partition coefficient (Wildman–Crippen LogP) is 0.418. The number of ether oxygens (including phenoxy) is 1. The first-order chi connectivity index (χ1) is 6.60. The van der Waals surface area contributed by atoms with Crippen molar-refractivity contribution in [3.05, 3.63) is 17.7 Å². The lowest BCUT2D eigenvalue weighted by atomic mass is 10.1. The molecule has 1 rings (SSSR count). The zero-order chi connectivity index (χ0) is 10.7. The van der Waals surface area contributed by atoms with Crippen LogP contribution in [0.5, 0.6) is 5.75 Å². The molecule has 0 aromatic heterocycles. The van der Waals surface area contributed by atoms with E-state index in [9.17, 15) is 4.79 Å². The predicted molar refractivity (Wildman–Crippen MR) is 55.5 cm³/mol. The Morgan fingerprint density at radius 3 is 2.57 bits per heavy atom. The van der Waals surface area contributed by atoms with Crippen LogP contribution in [-0.4, -0.2) is 20.1 Å². The maximum atomic E-state index is 10.9. The number of carbonyl (C=O) groups is 1. The van der Waals surface area contributed by atoms with Crippen molar-refractivity contribution in [2.24, 2.45) is 5.73 Å². The number of nitrogens with two attached hydrogens (primary N) is 2. The zero-order valence-electron chi connectivity index (χ0n) is 8.13. The van der Waals surface area contributed by atoms with Gasteiger partial charge in [-0.1, -0.05) is 0 Å². The molecular formula is C9H13N3O2. The maximum absolute atomic E-state index is 10.9. The van der Waals surface area contributed by atoms with Crippen LogP contribution in [0.1, 0.15) is 10.4 Å².